The van der Waals surface area contributed by atoms with Gasteiger partial charge in [-0.05, 0) is 13.3 Å². The summed E-state index contributed by atoms with van der Waals surface area (Å²) < 4.78 is 16.1. The molecule has 0 bridgehead atoms. The van der Waals surface area contributed by atoms with Crippen LogP contribution in [0.25, 0.3) is 0 Å². The summed E-state index contributed by atoms with van der Waals surface area (Å²) in [6.07, 6.45) is 3.25. The maximum Gasteiger partial charge on any atom is 0.241 e. The predicted octanol–water partition coefficient (Wildman–Crippen LogP) is 1.66. The van der Waals surface area contributed by atoms with Crippen LogP contribution in [0.2, 0.25) is 0 Å². The monoisotopic (exact) mass is 282 g/mol. The molecule has 2 heterocycles. The lowest BCUT2D eigenvalue weighted by Gasteiger charge is -2.42. The Morgan fingerprint density at radius 2 is 2.15 bits per heavy atom. The van der Waals surface area contributed by atoms with E-state index < -0.39 is 5.60 Å². The number of ether oxygens (including phenoxy) is 3. The number of hydrogen-bond acceptors (Lipinski definition) is 6. The lowest BCUT2D eigenvalue weighted by molar-refractivity contribution is -0.159. The number of aliphatic hydroxyl groups is 1. The van der Waals surface area contributed by atoms with Crippen LogP contribution in [-0.2, 0) is 10.3 Å². The molecule has 1 fully saturated rings. The van der Waals surface area contributed by atoms with Gasteiger partial charge in [0.1, 0.15) is 11.3 Å². The fraction of sp³-hybridized carbons (Fsp3) is 0.714. The minimum absolute atomic E-state index is 0.298. The Bertz CT molecular complexity index is 482. The standard InChI is InChI=1S/C14H22N2O4/c1-5-13(2)9-14(17,6-7-20-13)11-12(19-4)16-10(18-3)8-15-11/h8,17H,5-7,9H2,1-4H3. The van der Waals surface area contributed by atoms with E-state index in [-0.39, 0.29) is 5.60 Å². The van der Waals surface area contributed by atoms with E-state index in [2.05, 4.69) is 9.97 Å². The van der Waals surface area contributed by atoms with E-state index in [1.54, 1.807) is 0 Å². The molecule has 0 aliphatic carbocycles. The fourth-order valence-corrected chi connectivity index (χ4v) is 2.57. The number of hydrogen-bond donors (Lipinski definition) is 1. The molecule has 0 aromatic carbocycles. The van der Waals surface area contributed by atoms with Crippen molar-refractivity contribution >= 4 is 0 Å². The van der Waals surface area contributed by atoms with Gasteiger partial charge in [0.25, 0.3) is 0 Å². The van der Waals surface area contributed by atoms with Crippen LogP contribution in [0.5, 0.6) is 11.8 Å². The first kappa shape index (κ1) is 15.0. The zero-order chi connectivity index (χ0) is 14.8. The Morgan fingerprint density at radius 1 is 1.40 bits per heavy atom. The molecule has 2 rings (SSSR count). The fourth-order valence-electron chi connectivity index (χ4n) is 2.57. The molecule has 112 valence electrons. The Hall–Kier alpha value is -1.40. The Morgan fingerprint density at radius 3 is 2.75 bits per heavy atom. The van der Waals surface area contributed by atoms with Crippen LogP contribution in [0.1, 0.15) is 38.8 Å². The largest absolute Gasteiger partial charge is 0.480 e. The molecule has 1 N–H and O–H groups in total. The zero-order valence-electron chi connectivity index (χ0n) is 12.5. The van der Waals surface area contributed by atoms with Gasteiger partial charge in [-0.15, -0.1) is 0 Å². The summed E-state index contributed by atoms with van der Waals surface area (Å²) in [6.45, 7) is 4.53. The Labute approximate surface area is 119 Å². The van der Waals surface area contributed by atoms with Gasteiger partial charge in [-0.1, -0.05) is 6.92 Å². The van der Waals surface area contributed by atoms with Crippen LogP contribution in [0.3, 0.4) is 0 Å². The van der Waals surface area contributed by atoms with Crippen molar-refractivity contribution < 1.29 is 19.3 Å². The van der Waals surface area contributed by atoms with Crippen LogP contribution < -0.4 is 9.47 Å². The zero-order valence-corrected chi connectivity index (χ0v) is 12.5. The molecule has 2 unspecified atom stereocenters. The number of nitrogens with zero attached hydrogens (tertiary/aromatic N) is 2. The van der Waals surface area contributed by atoms with E-state index in [1.165, 1.54) is 20.4 Å². The van der Waals surface area contributed by atoms with E-state index >= 15 is 0 Å². The second-order valence-corrected chi connectivity index (χ2v) is 5.38. The molecule has 6 nitrogen and oxygen atoms in total. The molecule has 0 amide bonds. The van der Waals surface area contributed by atoms with Crippen molar-refractivity contribution in [2.24, 2.45) is 0 Å². The summed E-state index contributed by atoms with van der Waals surface area (Å²) in [6, 6.07) is 0. The summed E-state index contributed by atoms with van der Waals surface area (Å²) in [5, 5.41) is 11.0. The average Bonchev–Trinajstić information content (AvgIpc) is 2.46. The molecular weight excluding hydrogens is 260 g/mol. The molecule has 20 heavy (non-hydrogen) atoms. The van der Waals surface area contributed by atoms with Crippen molar-refractivity contribution in [3.05, 3.63) is 11.9 Å². The maximum absolute atomic E-state index is 11.0. The van der Waals surface area contributed by atoms with Crippen molar-refractivity contribution in [2.45, 2.75) is 44.3 Å². The van der Waals surface area contributed by atoms with E-state index in [4.69, 9.17) is 14.2 Å². The highest BCUT2D eigenvalue weighted by molar-refractivity contribution is 5.29. The third-order valence-electron chi connectivity index (χ3n) is 3.94. The van der Waals surface area contributed by atoms with Crippen molar-refractivity contribution in [1.29, 1.82) is 0 Å². The first-order chi connectivity index (χ1) is 9.46. The number of methoxy groups -OCH3 is 2. The summed E-state index contributed by atoms with van der Waals surface area (Å²) in [5.74, 6) is 0.659. The van der Waals surface area contributed by atoms with Crippen molar-refractivity contribution in [1.82, 2.24) is 9.97 Å². The van der Waals surface area contributed by atoms with Gasteiger partial charge in [-0.25, -0.2) is 4.98 Å². The predicted molar refractivity (Wildman–Crippen MR) is 72.9 cm³/mol. The van der Waals surface area contributed by atoms with E-state index in [1.807, 2.05) is 13.8 Å². The SMILES string of the molecule is CCC1(C)CC(O)(c2ncc(OC)nc2OC)CCO1. The normalized spacial score (nSPS) is 30.1. The summed E-state index contributed by atoms with van der Waals surface area (Å²) in [5.41, 5.74) is -1.00. The average molecular weight is 282 g/mol. The van der Waals surface area contributed by atoms with Crippen LogP contribution in [0.15, 0.2) is 6.20 Å². The maximum atomic E-state index is 11.0. The second kappa shape index (κ2) is 5.54. The molecule has 1 saturated heterocycles. The van der Waals surface area contributed by atoms with Gasteiger partial charge in [0, 0.05) is 12.8 Å². The van der Waals surface area contributed by atoms with Crippen molar-refractivity contribution in [3.63, 3.8) is 0 Å². The second-order valence-electron chi connectivity index (χ2n) is 5.38. The van der Waals surface area contributed by atoms with E-state index in [0.29, 0.717) is 36.9 Å². The van der Waals surface area contributed by atoms with Crippen LogP contribution >= 0.6 is 0 Å². The smallest absolute Gasteiger partial charge is 0.241 e. The highest BCUT2D eigenvalue weighted by atomic mass is 16.5. The molecule has 0 saturated carbocycles. The van der Waals surface area contributed by atoms with Crippen molar-refractivity contribution in [2.75, 3.05) is 20.8 Å². The summed E-state index contributed by atoms with van der Waals surface area (Å²) in [7, 11) is 3.02. The molecule has 1 aromatic rings. The van der Waals surface area contributed by atoms with Crippen LogP contribution in [0, 0.1) is 0 Å². The van der Waals surface area contributed by atoms with Gasteiger partial charge < -0.3 is 19.3 Å². The molecule has 1 aliphatic heterocycles. The third-order valence-corrected chi connectivity index (χ3v) is 3.94. The van der Waals surface area contributed by atoms with E-state index in [0.717, 1.165) is 6.42 Å². The van der Waals surface area contributed by atoms with E-state index in [9.17, 15) is 5.11 Å². The highest BCUT2D eigenvalue weighted by Gasteiger charge is 2.45. The first-order valence-electron chi connectivity index (χ1n) is 6.78. The number of rotatable bonds is 4. The molecule has 0 radical (unpaired) electrons. The van der Waals surface area contributed by atoms with Crippen LogP contribution in [0.4, 0.5) is 0 Å². The minimum Gasteiger partial charge on any atom is -0.480 e. The minimum atomic E-state index is -1.09. The van der Waals surface area contributed by atoms with Gasteiger partial charge in [-0.2, -0.15) is 4.98 Å². The lowest BCUT2D eigenvalue weighted by Crippen LogP contribution is -2.46. The molecule has 2 atom stereocenters. The lowest BCUT2D eigenvalue weighted by atomic mass is 9.80. The summed E-state index contributed by atoms with van der Waals surface area (Å²) >= 11 is 0. The molecule has 6 heteroatoms. The molecule has 1 aliphatic rings. The molecular formula is C14H22N2O4. The van der Waals surface area contributed by atoms with Gasteiger partial charge >= 0.3 is 0 Å². The number of aromatic nitrogens is 2. The van der Waals surface area contributed by atoms with Gasteiger partial charge in [0.2, 0.25) is 11.8 Å². The molecule has 0 spiro atoms. The molecule has 1 aromatic heterocycles. The Kier molecular flexibility index (Phi) is 4.15. The van der Waals surface area contributed by atoms with Gasteiger partial charge in [0.05, 0.1) is 32.6 Å². The Balaban J connectivity index is 2.38. The van der Waals surface area contributed by atoms with Crippen molar-refractivity contribution in [3.8, 4) is 11.8 Å². The topological polar surface area (TPSA) is 73.7 Å². The quantitative estimate of drug-likeness (QED) is 0.905. The first-order valence-corrected chi connectivity index (χ1v) is 6.78. The van der Waals surface area contributed by atoms with Crippen LogP contribution in [-0.4, -0.2) is 41.5 Å². The highest BCUT2D eigenvalue weighted by Crippen LogP contribution is 2.42. The van der Waals surface area contributed by atoms with Gasteiger partial charge in [-0.3, -0.25) is 0 Å². The summed E-state index contributed by atoms with van der Waals surface area (Å²) in [4.78, 5) is 8.49. The van der Waals surface area contributed by atoms with Gasteiger partial charge in [0.15, 0.2) is 0 Å². The third kappa shape index (κ3) is 2.71.